The van der Waals surface area contributed by atoms with Crippen LogP contribution in [0.15, 0.2) is 0 Å². The average Bonchev–Trinajstić information content (AvgIpc) is 2.26. The number of piperazine rings is 1. The Balaban J connectivity index is 0. The Hall–Kier alpha value is -0.0300. The summed E-state index contributed by atoms with van der Waals surface area (Å²) in [5.74, 6) is 0.981. The van der Waals surface area contributed by atoms with Gasteiger partial charge in [0.15, 0.2) is 0 Å². The Kier molecular flexibility index (Phi) is 12.2. The van der Waals surface area contributed by atoms with Gasteiger partial charge in [0, 0.05) is 39.1 Å². The van der Waals surface area contributed by atoms with E-state index in [1.807, 2.05) is 4.90 Å². The van der Waals surface area contributed by atoms with Gasteiger partial charge in [0.05, 0.1) is 0 Å². The highest BCUT2D eigenvalue weighted by molar-refractivity contribution is 5.85. The molecule has 1 fully saturated rings. The number of nitrogens with zero attached hydrogens (tertiary/aromatic N) is 2. The molecule has 6 heteroatoms. The Labute approximate surface area is 123 Å². The summed E-state index contributed by atoms with van der Waals surface area (Å²) in [6.07, 6.45) is 1.42. The first-order chi connectivity index (χ1) is 7.63. The number of hydrogen-bond donors (Lipinski definition) is 1. The van der Waals surface area contributed by atoms with E-state index < -0.39 is 0 Å². The van der Waals surface area contributed by atoms with Crippen molar-refractivity contribution in [3.05, 3.63) is 0 Å². The van der Waals surface area contributed by atoms with Crippen molar-refractivity contribution in [2.75, 3.05) is 39.3 Å². The number of halogens is 2. The van der Waals surface area contributed by atoms with E-state index >= 15 is 0 Å². The first-order valence-corrected chi connectivity index (χ1v) is 6.33. The van der Waals surface area contributed by atoms with Crippen LogP contribution in [0.4, 0.5) is 0 Å². The number of hydrogen-bond acceptors (Lipinski definition) is 3. The fraction of sp³-hybridized carbons (Fsp3) is 0.917. The van der Waals surface area contributed by atoms with E-state index in [-0.39, 0.29) is 30.7 Å². The predicted octanol–water partition coefficient (Wildman–Crippen LogP) is 1.37. The van der Waals surface area contributed by atoms with Crippen molar-refractivity contribution in [3.63, 3.8) is 0 Å². The molecule has 0 aliphatic carbocycles. The fourth-order valence-electron chi connectivity index (χ4n) is 2.11. The van der Waals surface area contributed by atoms with E-state index in [9.17, 15) is 4.79 Å². The van der Waals surface area contributed by atoms with Crippen molar-refractivity contribution >= 4 is 30.7 Å². The van der Waals surface area contributed by atoms with Crippen molar-refractivity contribution in [3.8, 4) is 0 Å². The predicted molar refractivity (Wildman–Crippen MR) is 80.6 cm³/mol. The Morgan fingerprint density at radius 2 is 1.72 bits per heavy atom. The zero-order valence-corrected chi connectivity index (χ0v) is 13.1. The summed E-state index contributed by atoms with van der Waals surface area (Å²) in [7, 11) is 0. The third-order valence-electron chi connectivity index (χ3n) is 2.94. The second-order valence-electron chi connectivity index (χ2n) is 4.97. The SMILES string of the molecule is CC(C)CN1CCN(C(=O)CCCN)CC1.Cl.Cl. The van der Waals surface area contributed by atoms with Crippen LogP contribution in [-0.2, 0) is 4.79 Å². The molecule has 4 nitrogen and oxygen atoms in total. The van der Waals surface area contributed by atoms with Crippen LogP contribution in [0, 0.1) is 5.92 Å². The topological polar surface area (TPSA) is 49.6 Å². The maximum atomic E-state index is 11.7. The number of nitrogens with two attached hydrogens (primary N) is 1. The van der Waals surface area contributed by atoms with Gasteiger partial charge in [-0.15, -0.1) is 24.8 Å². The molecule has 110 valence electrons. The minimum atomic E-state index is 0. The molecule has 1 rings (SSSR count). The molecule has 1 heterocycles. The first kappa shape index (κ1) is 20.3. The molecule has 0 spiro atoms. The van der Waals surface area contributed by atoms with Crippen LogP contribution in [0.2, 0.25) is 0 Å². The molecule has 0 radical (unpaired) electrons. The van der Waals surface area contributed by atoms with E-state index in [0.29, 0.717) is 18.9 Å². The molecular formula is C12H27Cl2N3O. The Morgan fingerprint density at radius 1 is 1.17 bits per heavy atom. The van der Waals surface area contributed by atoms with Crippen LogP contribution in [-0.4, -0.2) is 55.0 Å². The van der Waals surface area contributed by atoms with Crippen LogP contribution in [0.5, 0.6) is 0 Å². The largest absolute Gasteiger partial charge is 0.340 e. The van der Waals surface area contributed by atoms with E-state index in [0.717, 1.165) is 39.1 Å². The van der Waals surface area contributed by atoms with Crippen LogP contribution < -0.4 is 5.73 Å². The summed E-state index contributed by atoms with van der Waals surface area (Å²) in [5, 5.41) is 0. The van der Waals surface area contributed by atoms with Crippen LogP contribution >= 0.6 is 24.8 Å². The van der Waals surface area contributed by atoms with Gasteiger partial charge in [-0.3, -0.25) is 9.69 Å². The smallest absolute Gasteiger partial charge is 0.222 e. The van der Waals surface area contributed by atoms with Gasteiger partial charge < -0.3 is 10.6 Å². The third-order valence-corrected chi connectivity index (χ3v) is 2.94. The lowest BCUT2D eigenvalue weighted by Gasteiger charge is -2.35. The summed E-state index contributed by atoms with van der Waals surface area (Å²) >= 11 is 0. The lowest BCUT2D eigenvalue weighted by molar-refractivity contribution is -0.133. The molecule has 1 aliphatic heterocycles. The highest BCUT2D eigenvalue weighted by Gasteiger charge is 2.20. The van der Waals surface area contributed by atoms with Crippen LogP contribution in [0.3, 0.4) is 0 Å². The summed E-state index contributed by atoms with van der Waals surface area (Å²) in [6, 6.07) is 0. The molecule has 1 amide bonds. The van der Waals surface area contributed by atoms with Gasteiger partial charge >= 0.3 is 0 Å². The lowest BCUT2D eigenvalue weighted by atomic mass is 10.2. The molecular weight excluding hydrogens is 273 g/mol. The zero-order chi connectivity index (χ0) is 12.0. The number of carbonyl (C=O) groups excluding carboxylic acids is 1. The van der Waals surface area contributed by atoms with E-state index in [1.165, 1.54) is 0 Å². The van der Waals surface area contributed by atoms with Crippen molar-refractivity contribution in [1.29, 1.82) is 0 Å². The minimum Gasteiger partial charge on any atom is -0.340 e. The number of carbonyl (C=O) groups is 1. The maximum Gasteiger partial charge on any atom is 0.222 e. The molecule has 0 aromatic heterocycles. The number of amides is 1. The molecule has 18 heavy (non-hydrogen) atoms. The van der Waals surface area contributed by atoms with Crippen LogP contribution in [0.1, 0.15) is 26.7 Å². The second-order valence-corrected chi connectivity index (χ2v) is 4.97. The normalized spacial score (nSPS) is 16.1. The van der Waals surface area contributed by atoms with Gasteiger partial charge in [0.1, 0.15) is 0 Å². The monoisotopic (exact) mass is 299 g/mol. The van der Waals surface area contributed by atoms with Gasteiger partial charge in [0.2, 0.25) is 5.91 Å². The Morgan fingerprint density at radius 3 is 2.17 bits per heavy atom. The van der Waals surface area contributed by atoms with Gasteiger partial charge in [-0.1, -0.05) is 13.8 Å². The molecule has 0 atom stereocenters. The molecule has 0 unspecified atom stereocenters. The van der Waals surface area contributed by atoms with Gasteiger partial charge in [-0.2, -0.15) is 0 Å². The molecule has 1 aliphatic rings. The van der Waals surface area contributed by atoms with Crippen molar-refractivity contribution in [2.45, 2.75) is 26.7 Å². The van der Waals surface area contributed by atoms with Crippen molar-refractivity contribution in [1.82, 2.24) is 9.80 Å². The summed E-state index contributed by atoms with van der Waals surface area (Å²) in [4.78, 5) is 16.2. The third kappa shape index (κ3) is 7.41. The van der Waals surface area contributed by atoms with Crippen LogP contribution in [0.25, 0.3) is 0 Å². The van der Waals surface area contributed by atoms with E-state index in [1.54, 1.807) is 0 Å². The van der Waals surface area contributed by atoms with Gasteiger partial charge in [-0.05, 0) is 18.9 Å². The van der Waals surface area contributed by atoms with Gasteiger partial charge in [0.25, 0.3) is 0 Å². The fourth-order valence-corrected chi connectivity index (χ4v) is 2.11. The Bertz CT molecular complexity index is 219. The average molecular weight is 300 g/mol. The van der Waals surface area contributed by atoms with Gasteiger partial charge in [-0.25, -0.2) is 0 Å². The molecule has 2 N–H and O–H groups in total. The second kappa shape index (κ2) is 10.9. The quantitative estimate of drug-likeness (QED) is 0.834. The van der Waals surface area contributed by atoms with E-state index in [4.69, 9.17) is 5.73 Å². The summed E-state index contributed by atoms with van der Waals surface area (Å²) in [6.45, 7) is 10.0. The highest BCUT2D eigenvalue weighted by Crippen LogP contribution is 2.07. The molecule has 0 saturated carbocycles. The first-order valence-electron chi connectivity index (χ1n) is 6.33. The van der Waals surface area contributed by atoms with E-state index in [2.05, 4.69) is 18.7 Å². The maximum absolute atomic E-state index is 11.7. The summed E-state index contributed by atoms with van der Waals surface area (Å²) < 4.78 is 0. The lowest BCUT2D eigenvalue weighted by Crippen LogP contribution is -2.49. The summed E-state index contributed by atoms with van der Waals surface area (Å²) in [5.41, 5.74) is 5.40. The number of rotatable bonds is 5. The molecule has 0 aromatic carbocycles. The molecule has 0 aromatic rings. The standard InChI is InChI=1S/C12H25N3O.2ClH/c1-11(2)10-14-6-8-15(9-7-14)12(16)4-3-5-13;;/h11H,3-10,13H2,1-2H3;2*1H. The molecule has 1 saturated heterocycles. The highest BCUT2D eigenvalue weighted by atomic mass is 35.5. The zero-order valence-electron chi connectivity index (χ0n) is 11.4. The minimum absolute atomic E-state index is 0. The van der Waals surface area contributed by atoms with Crippen molar-refractivity contribution < 1.29 is 4.79 Å². The molecule has 0 bridgehead atoms. The van der Waals surface area contributed by atoms with Crippen molar-refractivity contribution in [2.24, 2.45) is 11.7 Å².